The molecule has 1 aromatic rings. The lowest BCUT2D eigenvalue weighted by Crippen LogP contribution is -2.23. The summed E-state index contributed by atoms with van der Waals surface area (Å²) in [6.45, 7) is 0.247. The van der Waals surface area contributed by atoms with Crippen LogP contribution in [0.4, 0.5) is 10.5 Å². The number of nitro benzene ring substituents is 1. The average Bonchev–Trinajstić information content (AvgIpc) is 2.17. The van der Waals surface area contributed by atoms with E-state index in [9.17, 15) is 14.9 Å². The van der Waals surface area contributed by atoms with Crippen molar-refractivity contribution in [1.29, 1.82) is 0 Å². The summed E-state index contributed by atoms with van der Waals surface area (Å²) in [6, 6.07) is 6.13. The number of rotatable bonds is 4. The van der Waals surface area contributed by atoms with E-state index in [1.165, 1.54) is 12.1 Å². The monoisotopic (exact) mass is 210 g/mol. The molecule has 6 nitrogen and oxygen atoms in total. The molecule has 0 heterocycles. The lowest BCUT2D eigenvalue weighted by atomic mass is 10.1. The van der Waals surface area contributed by atoms with Gasteiger partial charge in [-0.3, -0.25) is 10.1 Å². The molecule has 0 bridgehead atoms. The quantitative estimate of drug-likeness (QED) is 0.580. The number of amides is 1. The Morgan fingerprint density at radius 2 is 2.27 bits per heavy atom. The molecule has 0 atom stereocenters. The zero-order valence-electron chi connectivity index (χ0n) is 7.84. The fourth-order valence-electron chi connectivity index (χ4n) is 1.14. The first-order chi connectivity index (χ1) is 7.09. The Hall–Kier alpha value is -2.11. The summed E-state index contributed by atoms with van der Waals surface area (Å²) < 4.78 is 0. The van der Waals surface area contributed by atoms with Gasteiger partial charge in [0.05, 0.1) is 4.92 Å². The number of nitro groups is 1. The highest BCUT2D eigenvalue weighted by Gasteiger charge is 2.05. The Morgan fingerprint density at radius 3 is 2.87 bits per heavy atom. The second-order valence-electron chi connectivity index (χ2n) is 2.91. The molecule has 1 rings (SSSR count). The Morgan fingerprint density at radius 1 is 1.53 bits per heavy atom. The summed E-state index contributed by atoms with van der Waals surface area (Å²) in [7, 11) is 0. The molecule has 0 radical (unpaired) electrons. The Balaban J connectivity index is 2.58. The highest BCUT2D eigenvalue weighted by atomic mass is 16.6. The van der Waals surface area contributed by atoms with Gasteiger partial charge in [-0.1, -0.05) is 12.1 Å². The van der Waals surface area contributed by atoms with Crippen LogP contribution in [0.2, 0.25) is 0 Å². The number of hydrogen-bond donors (Lipinski definition) is 2. The molecule has 0 unspecified atom stereocenters. The van der Waals surface area contributed by atoms with Gasteiger partial charge < -0.3 is 10.4 Å². The van der Waals surface area contributed by atoms with Crippen molar-refractivity contribution in [2.45, 2.75) is 6.42 Å². The van der Waals surface area contributed by atoms with Gasteiger partial charge in [0.1, 0.15) is 0 Å². The molecule has 0 aliphatic heterocycles. The first-order valence-electron chi connectivity index (χ1n) is 4.29. The van der Waals surface area contributed by atoms with Gasteiger partial charge in [-0.15, -0.1) is 0 Å². The molecule has 0 aliphatic rings. The standard InChI is InChI=1S/C9H10N2O4/c12-9(13)10-5-4-7-2-1-3-8(6-7)11(14)15/h1-3,6,10H,4-5H2,(H,12,13). The van der Waals surface area contributed by atoms with Crippen molar-refractivity contribution in [3.05, 3.63) is 39.9 Å². The molecule has 0 spiro atoms. The van der Waals surface area contributed by atoms with Crippen LogP contribution in [-0.2, 0) is 6.42 Å². The van der Waals surface area contributed by atoms with E-state index in [4.69, 9.17) is 5.11 Å². The van der Waals surface area contributed by atoms with Crippen molar-refractivity contribution in [1.82, 2.24) is 5.32 Å². The summed E-state index contributed by atoms with van der Waals surface area (Å²) >= 11 is 0. The number of carboxylic acid groups (broad SMARTS) is 1. The van der Waals surface area contributed by atoms with Crippen LogP contribution in [-0.4, -0.2) is 22.7 Å². The summed E-state index contributed by atoms with van der Waals surface area (Å²) in [5, 5.41) is 20.9. The molecule has 6 heteroatoms. The Bertz CT molecular complexity index is 378. The van der Waals surface area contributed by atoms with Crippen LogP contribution >= 0.6 is 0 Å². The number of hydrogen-bond acceptors (Lipinski definition) is 3. The van der Waals surface area contributed by atoms with Gasteiger partial charge in [-0.25, -0.2) is 4.79 Å². The number of nitrogens with one attached hydrogen (secondary N) is 1. The molecule has 0 aliphatic carbocycles. The van der Waals surface area contributed by atoms with Gasteiger partial charge >= 0.3 is 6.09 Å². The number of non-ortho nitro benzene ring substituents is 1. The van der Waals surface area contributed by atoms with Crippen LogP contribution in [0.25, 0.3) is 0 Å². The molecule has 2 N–H and O–H groups in total. The first-order valence-corrected chi connectivity index (χ1v) is 4.29. The molecule has 1 aromatic carbocycles. The number of carbonyl (C=O) groups is 1. The summed E-state index contributed by atoms with van der Waals surface area (Å²) in [5.41, 5.74) is 0.751. The lowest BCUT2D eigenvalue weighted by molar-refractivity contribution is -0.384. The molecule has 1 amide bonds. The summed E-state index contributed by atoms with van der Waals surface area (Å²) in [4.78, 5) is 20.1. The smallest absolute Gasteiger partial charge is 0.404 e. The van der Waals surface area contributed by atoms with Gasteiger partial charge in [-0.05, 0) is 12.0 Å². The van der Waals surface area contributed by atoms with E-state index < -0.39 is 11.0 Å². The minimum absolute atomic E-state index is 0.0165. The van der Waals surface area contributed by atoms with E-state index >= 15 is 0 Å². The molecule has 0 saturated carbocycles. The fourth-order valence-corrected chi connectivity index (χ4v) is 1.14. The zero-order chi connectivity index (χ0) is 11.3. The van der Waals surface area contributed by atoms with Gasteiger partial charge in [0.2, 0.25) is 0 Å². The maximum Gasteiger partial charge on any atom is 0.404 e. The summed E-state index contributed by atoms with van der Waals surface area (Å²) in [6.07, 6.45) is -0.658. The highest BCUT2D eigenvalue weighted by Crippen LogP contribution is 2.12. The second kappa shape index (κ2) is 4.94. The normalized spacial score (nSPS) is 9.60. The molecule has 0 fully saturated rings. The van der Waals surface area contributed by atoms with Crippen LogP contribution in [0.5, 0.6) is 0 Å². The topological polar surface area (TPSA) is 92.5 Å². The van der Waals surface area contributed by atoms with E-state index in [0.29, 0.717) is 6.42 Å². The van der Waals surface area contributed by atoms with E-state index in [1.54, 1.807) is 12.1 Å². The molecule has 80 valence electrons. The van der Waals surface area contributed by atoms with Crippen molar-refractivity contribution in [3.8, 4) is 0 Å². The van der Waals surface area contributed by atoms with Crippen LogP contribution in [0, 0.1) is 10.1 Å². The lowest BCUT2D eigenvalue weighted by Gasteiger charge is -2.01. The van der Waals surface area contributed by atoms with Gasteiger partial charge in [0.15, 0.2) is 0 Å². The largest absolute Gasteiger partial charge is 0.465 e. The van der Waals surface area contributed by atoms with Crippen molar-refractivity contribution in [2.75, 3.05) is 6.54 Å². The van der Waals surface area contributed by atoms with Crippen molar-refractivity contribution < 1.29 is 14.8 Å². The molecule has 0 saturated heterocycles. The Kier molecular flexibility index (Phi) is 3.61. The van der Waals surface area contributed by atoms with Crippen molar-refractivity contribution in [2.24, 2.45) is 0 Å². The van der Waals surface area contributed by atoms with E-state index in [-0.39, 0.29) is 12.2 Å². The maximum absolute atomic E-state index is 10.4. The average molecular weight is 210 g/mol. The third-order valence-electron chi connectivity index (χ3n) is 1.81. The fraction of sp³-hybridized carbons (Fsp3) is 0.222. The van der Waals surface area contributed by atoms with Crippen LogP contribution in [0.1, 0.15) is 5.56 Å². The second-order valence-corrected chi connectivity index (χ2v) is 2.91. The number of benzene rings is 1. The highest BCUT2D eigenvalue weighted by molar-refractivity contribution is 5.64. The van der Waals surface area contributed by atoms with Crippen LogP contribution < -0.4 is 5.32 Å². The SMILES string of the molecule is O=C(O)NCCc1cccc([N+](=O)[O-])c1. The predicted octanol–water partition coefficient (Wildman–Crippen LogP) is 1.40. The molecular formula is C9H10N2O4. The predicted molar refractivity (Wildman–Crippen MR) is 52.8 cm³/mol. The summed E-state index contributed by atoms with van der Waals surface area (Å²) in [5.74, 6) is 0. The third kappa shape index (κ3) is 3.63. The van der Waals surface area contributed by atoms with Gasteiger partial charge in [-0.2, -0.15) is 0 Å². The van der Waals surface area contributed by atoms with Crippen molar-refractivity contribution in [3.63, 3.8) is 0 Å². The van der Waals surface area contributed by atoms with E-state index in [2.05, 4.69) is 5.32 Å². The third-order valence-corrected chi connectivity index (χ3v) is 1.81. The van der Waals surface area contributed by atoms with Crippen molar-refractivity contribution >= 4 is 11.8 Å². The van der Waals surface area contributed by atoms with Crippen LogP contribution in [0.15, 0.2) is 24.3 Å². The first kappa shape index (κ1) is 11.0. The number of nitrogens with zero attached hydrogens (tertiary/aromatic N) is 1. The van der Waals surface area contributed by atoms with E-state index in [0.717, 1.165) is 5.56 Å². The van der Waals surface area contributed by atoms with Crippen LogP contribution in [0.3, 0.4) is 0 Å². The minimum atomic E-state index is -1.10. The molecule has 15 heavy (non-hydrogen) atoms. The Labute approximate surface area is 85.7 Å². The molecule has 0 aromatic heterocycles. The molecular weight excluding hydrogens is 200 g/mol. The van der Waals surface area contributed by atoms with E-state index in [1.807, 2.05) is 0 Å². The van der Waals surface area contributed by atoms with Gasteiger partial charge in [0.25, 0.3) is 5.69 Å². The minimum Gasteiger partial charge on any atom is -0.465 e. The maximum atomic E-state index is 10.4. The van der Waals surface area contributed by atoms with Gasteiger partial charge in [0, 0.05) is 18.7 Å². The zero-order valence-corrected chi connectivity index (χ0v) is 7.84.